The molecule has 23 heavy (non-hydrogen) atoms. The van der Waals surface area contributed by atoms with Crippen LogP contribution in [0.1, 0.15) is 12.5 Å². The van der Waals surface area contributed by atoms with Gasteiger partial charge in [-0.1, -0.05) is 17.7 Å². The molecule has 1 amide bonds. The second kappa shape index (κ2) is 7.41. The van der Waals surface area contributed by atoms with Crippen molar-refractivity contribution in [3.63, 3.8) is 0 Å². The Morgan fingerprint density at radius 3 is 2.17 bits per heavy atom. The van der Waals surface area contributed by atoms with E-state index in [0.29, 0.717) is 5.69 Å². The summed E-state index contributed by atoms with van der Waals surface area (Å²) in [4.78, 5) is 12.3. The van der Waals surface area contributed by atoms with Crippen LogP contribution in [-0.2, 0) is 14.8 Å². The minimum atomic E-state index is -3.73. The monoisotopic (exact) mass is 444 g/mol. The Kier molecular flexibility index (Phi) is 5.77. The van der Waals surface area contributed by atoms with Gasteiger partial charge in [0.2, 0.25) is 15.9 Å². The van der Waals surface area contributed by atoms with E-state index in [-0.39, 0.29) is 4.90 Å². The summed E-state index contributed by atoms with van der Waals surface area (Å²) in [6.07, 6.45) is 0. The second-order valence-corrected chi connectivity index (χ2v) is 8.11. The van der Waals surface area contributed by atoms with Crippen molar-refractivity contribution < 1.29 is 13.2 Å². The molecule has 2 aromatic rings. The number of sulfonamides is 1. The zero-order valence-corrected chi connectivity index (χ0v) is 15.7. The van der Waals surface area contributed by atoms with E-state index in [1.54, 1.807) is 24.3 Å². The highest BCUT2D eigenvalue weighted by molar-refractivity contribution is 14.1. The molecule has 0 aromatic heterocycles. The molecular weight excluding hydrogens is 427 g/mol. The number of anilines is 1. The summed E-state index contributed by atoms with van der Waals surface area (Å²) < 4.78 is 28.0. The van der Waals surface area contributed by atoms with Gasteiger partial charge in [-0.05, 0) is 72.8 Å². The predicted octanol–water partition coefficient (Wildman–Crippen LogP) is 2.91. The van der Waals surface area contributed by atoms with Crippen LogP contribution in [0.15, 0.2) is 53.4 Å². The van der Waals surface area contributed by atoms with E-state index in [0.717, 1.165) is 9.13 Å². The second-order valence-electron chi connectivity index (χ2n) is 5.15. The Balaban J connectivity index is 2.05. The molecule has 0 aliphatic rings. The smallest absolute Gasteiger partial charge is 0.242 e. The molecule has 1 atom stereocenters. The predicted molar refractivity (Wildman–Crippen MR) is 98.8 cm³/mol. The average Bonchev–Trinajstić information content (AvgIpc) is 2.49. The number of amides is 1. The van der Waals surface area contributed by atoms with E-state index in [1.807, 2.05) is 19.1 Å². The van der Waals surface area contributed by atoms with Crippen molar-refractivity contribution >= 4 is 44.2 Å². The van der Waals surface area contributed by atoms with Gasteiger partial charge < -0.3 is 5.32 Å². The molecule has 2 N–H and O–H groups in total. The first kappa shape index (κ1) is 17.9. The molecule has 0 fully saturated rings. The quantitative estimate of drug-likeness (QED) is 0.697. The number of benzene rings is 2. The van der Waals surface area contributed by atoms with Crippen LogP contribution in [0.2, 0.25) is 0 Å². The number of carbonyl (C=O) groups is 1. The summed E-state index contributed by atoms with van der Waals surface area (Å²) in [5, 5.41) is 2.68. The summed E-state index contributed by atoms with van der Waals surface area (Å²) in [7, 11) is -3.73. The number of nitrogens with one attached hydrogen (secondary N) is 2. The zero-order chi connectivity index (χ0) is 17.0. The lowest BCUT2D eigenvalue weighted by Gasteiger charge is -2.14. The van der Waals surface area contributed by atoms with Gasteiger partial charge in [0.05, 0.1) is 10.9 Å². The average molecular weight is 444 g/mol. The van der Waals surface area contributed by atoms with Crippen molar-refractivity contribution in [2.75, 3.05) is 5.32 Å². The highest BCUT2D eigenvalue weighted by atomic mass is 127. The van der Waals surface area contributed by atoms with Crippen molar-refractivity contribution in [2.45, 2.75) is 24.8 Å². The number of hydrogen-bond acceptors (Lipinski definition) is 3. The first-order chi connectivity index (χ1) is 10.8. The zero-order valence-electron chi connectivity index (χ0n) is 12.7. The van der Waals surface area contributed by atoms with Crippen LogP contribution in [0, 0.1) is 10.5 Å². The summed E-state index contributed by atoms with van der Waals surface area (Å²) >= 11 is 2.17. The van der Waals surface area contributed by atoms with Gasteiger partial charge in [0.15, 0.2) is 0 Å². The molecular formula is C16H17IN2O3S. The Bertz CT molecular complexity index is 787. The molecule has 0 bridgehead atoms. The van der Waals surface area contributed by atoms with Crippen molar-refractivity contribution in [1.82, 2.24) is 4.72 Å². The number of hydrogen-bond donors (Lipinski definition) is 2. The van der Waals surface area contributed by atoms with Gasteiger partial charge in [-0.25, -0.2) is 8.42 Å². The number of halogens is 1. The first-order valence-electron chi connectivity index (χ1n) is 6.93. The lowest BCUT2D eigenvalue weighted by Crippen LogP contribution is -2.41. The minimum absolute atomic E-state index is 0.136. The fourth-order valence-corrected chi connectivity index (χ4v) is 3.42. The van der Waals surface area contributed by atoms with Gasteiger partial charge in [0.25, 0.3) is 0 Å². The highest BCUT2D eigenvalue weighted by Crippen LogP contribution is 2.13. The van der Waals surface area contributed by atoms with Crippen LogP contribution in [0.3, 0.4) is 0 Å². The lowest BCUT2D eigenvalue weighted by molar-refractivity contribution is -0.117. The van der Waals surface area contributed by atoms with Gasteiger partial charge in [0, 0.05) is 9.26 Å². The maximum atomic E-state index is 12.3. The van der Waals surface area contributed by atoms with Crippen LogP contribution in [0.25, 0.3) is 0 Å². The van der Waals surface area contributed by atoms with Crippen LogP contribution >= 0.6 is 22.6 Å². The van der Waals surface area contributed by atoms with E-state index in [1.165, 1.54) is 19.1 Å². The van der Waals surface area contributed by atoms with Crippen LogP contribution < -0.4 is 10.0 Å². The van der Waals surface area contributed by atoms with Crippen LogP contribution in [-0.4, -0.2) is 20.4 Å². The molecule has 0 saturated carbocycles. The number of rotatable bonds is 5. The Hall–Kier alpha value is -1.45. The molecule has 0 spiro atoms. The first-order valence-corrected chi connectivity index (χ1v) is 9.49. The summed E-state index contributed by atoms with van der Waals surface area (Å²) in [6, 6.07) is 12.8. The standard InChI is InChI=1S/C16H17IN2O3S/c1-11-3-9-15(10-4-11)23(21,22)19-12(2)16(20)18-14-7-5-13(17)6-8-14/h3-10,12,19H,1-2H3,(H,18,20)/t12-/m1/s1. The van der Waals surface area contributed by atoms with E-state index in [4.69, 9.17) is 0 Å². The molecule has 7 heteroatoms. The fourth-order valence-electron chi connectivity index (χ4n) is 1.86. The molecule has 122 valence electrons. The van der Waals surface area contributed by atoms with Crippen molar-refractivity contribution in [1.29, 1.82) is 0 Å². The molecule has 0 saturated heterocycles. The molecule has 0 radical (unpaired) electrons. The molecule has 0 aliphatic heterocycles. The van der Waals surface area contributed by atoms with E-state index < -0.39 is 22.0 Å². The topological polar surface area (TPSA) is 75.3 Å². The third-order valence-electron chi connectivity index (χ3n) is 3.17. The Morgan fingerprint density at radius 1 is 1.04 bits per heavy atom. The molecule has 2 rings (SSSR count). The Labute approximate surface area is 149 Å². The maximum absolute atomic E-state index is 12.3. The number of carbonyl (C=O) groups excluding carboxylic acids is 1. The number of aryl methyl sites for hydroxylation is 1. The third kappa shape index (κ3) is 5.02. The van der Waals surface area contributed by atoms with Crippen LogP contribution in [0.4, 0.5) is 5.69 Å². The van der Waals surface area contributed by atoms with E-state index in [2.05, 4.69) is 32.6 Å². The highest BCUT2D eigenvalue weighted by Gasteiger charge is 2.22. The van der Waals surface area contributed by atoms with Gasteiger partial charge in [-0.2, -0.15) is 4.72 Å². The molecule has 0 heterocycles. The van der Waals surface area contributed by atoms with Gasteiger partial charge >= 0.3 is 0 Å². The Morgan fingerprint density at radius 2 is 1.61 bits per heavy atom. The summed E-state index contributed by atoms with van der Waals surface area (Å²) in [5.74, 6) is -0.415. The maximum Gasteiger partial charge on any atom is 0.242 e. The molecule has 5 nitrogen and oxygen atoms in total. The van der Waals surface area contributed by atoms with E-state index in [9.17, 15) is 13.2 Å². The normalized spacial score (nSPS) is 12.7. The van der Waals surface area contributed by atoms with Gasteiger partial charge in [-0.15, -0.1) is 0 Å². The molecule has 0 aliphatic carbocycles. The van der Waals surface area contributed by atoms with Gasteiger partial charge in [-0.3, -0.25) is 4.79 Å². The van der Waals surface area contributed by atoms with Crippen molar-refractivity contribution in [3.8, 4) is 0 Å². The van der Waals surface area contributed by atoms with Crippen LogP contribution in [0.5, 0.6) is 0 Å². The largest absolute Gasteiger partial charge is 0.325 e. The third-order valence-corrected chi connectivity index (χ3v) is 5.44. The molecule has 2 aromatic carbocycles. The SMILES string of the molecule is Cc1ccc(S(=O)(=O)N[C@H](C)C(=O)Nc2ccc(I)cc2)cc1. The summed E-state index contributed by atoms with van der Waals surface area (Å²) in [5.41, 5.74) is 1.59. The summed E-state index contributed by atoms with van der Waals surface area (Å²) in [6.45, 7) is 3.38. The van der Waals surface area contributed by atoms with E-state index >= 15 is 0 Å². The fraction of sp³-hybridized carbons (Fsp3) is 0.188. The van der Waals surface area contributed by atoms with Crippen molar-refractivity contribution in [2.24, 2.45) is 0 Å². The molecule has 0 unspecified atom stereocenters. The van der Waals surface area contributed by atoms with Crippen molar-refractivity contribution in [3.05, 3.63) is 57.7 Å². The van der Waals surface area contributed by atoms with Gasteiger partial charge in [0.1, 0.15) is 0 Å². The lowest BCUT2D eigenvalue weighted by atomic mass is 10.2. The minimum Gasteiger partial charge on any atom is -0.325 e.